The molecule has 0 aromatic carbocycles. The fourth-order valence-corrected chi connectivity index (χ4v) is 1.58. The van der Waals surface area contributed by atoms with Crippen LogP contribution in [-0.2, 0) is 13.2 Å². The third kappa shape index (κ3) is 2.25. The first kappa shape index (κ1) is 12.7. The summed E-state index contributed by atoms with van der Waals surface area (Å²) in [4.78, 5) is 3.54. The summed E-state index contributed by atoms with van der Waals surface area (Å²) in [5.74, 6) is -0.597. The Labute approximate surface area is 101 Å². The van der Waals surface area contributed by atoms with Crippen molar-refractivity contribution in [2.45, 2.75) is 25.9 Å². The summed E-state index contributed by atoms with van der Waals surface area (Å²) in [5, 5.41) is 3.87. The van der Waals surface area contributed by atoms with Crippen molar-refractivity contribution in [3.05, 3.63) is 23.8 Å². The van der Waals surface area contributed by atoms with Gasteiger partial charge in [0.15, 0.2) is 5.69 Å². The van der Waals surface area contributed by atoms with Crippen LogP contribution in [0, 0.1) is 0 Å². The smallest absolute Gasteiger partial charge is 0.436 e. The zero-order valence-electron chi connectivity index (χ0n) is 10.1. The number of halogens is 3. The number of aromatic nitrogens is 3. The van der Waals surface area contributed by atoms with Crippen LogP contribution in [0.3, 0.4) is 0 Å². The van der Waals surface area contributed by atoms with Crippen molar-refractivity contribution in [2.24, 2.45) is 7.05 Å². The molecule has 98 valence electrons. The van der Waals surface area contributed by atoms with Gasteiger partial charge in [-0.1, -0.05) is 13.8 Å². The molecule has 0 aliphatic carbocycles. The Morgan fingerprint density at radius 3 is 2.39 bits per heavy atom. The second-order valence-corrected chi connectivity index (χ2v) is 4.29. The second kappa shape index (κ2) is 4.15. The molecule has 2 aromatic rings. The lowest BCUT2D eigenvalue weighted by Gasteiger charge is -2.06. The predicted octanol–water partition coefficient (Wildman–Crippen LogP) is 3.22. The molecule has 0 atom stereocenters. The number of oxazole rings is 1. The van der Waals surface area contributed by atoms with Gasteiger partial charge in [-0.05, 0) is 0 Å². The standard InChI is InChI=1S/C11H12F3N3O/c1-6(2)8-9(11(12,13)14)16-10(18-8)7-4-15-17(3)5-7/h4-6H,1-3H3. The highest BCUT2D eigenvalue weighted by Gasteiger charge is 2.39. The molecule has 7 heteroatoms. The summed E-state index contributed by atoms with van der Waals surface area (Å²) in [7, 11) is 1.67. The average molecular weight is 259 g/mol. The van der Waals surface area contributed by atoms with Crippen LogP contribution in [0.4, 0.5) is 13.2 Å². The Morgan fingerprint density at radius 2 is 2.00 bits per heavy atom. The molecular formula is C11H12F3N3O. The molecule has 0 fully saturated rings. The lowest BCUT2D eigenvalue weighted by Crippen LogP contribution is -2.09. The average Bonchev–Trinajstić information content (AvgIpc) is 2.81. The predicted molar refractivity (Wildman–Crippen MR) is 57.8 cm³/mol. The third-order valence-electron chi connectivity index (χ3n) is 2.40. The molecule has 4 nitrogen and oxygen atoms in total. The molecule has 2 aromatic heterocycles. The first-order valence-corrected chi connectivity index (χ1v) is 5.36. The van der Waals surface area contributed by atoms with Crippen molar-refractivity contribution in [3.63, 3.8) is 0 Å². The number of hydrogen-bond donors (Lipinski definition) is 0. The molecule has 2 heterocycles. The van der Waals surface area contributed by atoms with E-state index in [-0.39, 0.29) is 17.6 Å². The van der Waals surface area contributed by atoms with E-state index in [1.807, 2.05) is 0 Å². The minimum Gasteiger partial charge on any atom is -0.440 e. The highest BCUT2D eigenvalue weighted by atomic mass is 19.4. The van der Waals surface area contributed by atoms with Crippen LogP contribution < -0.4 is 0 Å². The van der Waals surface area contributed by atoms with E-state index >= 15 is 0 Å². The highest BCUT2D eigenvalue weighted by molar-refractivity contribution is 5.51. The largest absolute Gasteiger partial charge is 0.440 e. The highest BCUT2D eigenvalue weighted by Crippen LogP contribution is 2.37. The van der Waals surface area contributed by atoms with E-state index in [1.165, 1.54) is 10.9 Å². The Balaban J connectivity index is 2.52. The van der Waals surface area contributed by atoms with Gasteiger partial charge in [-0.3, -0.25) is 4.68 Å². The monoisotopic (exact) mass is 259 g/mol. The minimum absolute atomic E-state index is 0.0564. The van der Waals surface area contributed by atoms with E-state index in [0.29, 0.717) is 5.56 Å². The van der Waals surface area contributed by atoms with E-state index in [0.717, 1.165) is 0 Å². The molecule has 0 saturated carbocycles. The molecule has 2 rings (SSSR count). The van der Waals surface area contributed by atoms with E-state index in [1.54, 1.807) is 27.1 Å². The fraction of sp³-hybridized carbons (Fsp3) is 0.455. The van der Waals surface area contributed by atoms with Crippen LogP contribution in [-0.4, -0.2) is 14.8 Å². The molecule has 0 bridgehead atoms. The summed E-state index contributed by atoms with van der Waals surface area (Å²) in [6, 6.07) is 0. The molecule has 18 heavy (non-hydrogen) atoms. The zero-order chi connectivity index (χ0) is 13.5. The number of nitrogens with zero attached hydrogens (tertiary/aromatic N) is 3. The Hall–Kier alpha value is -1.79. The number of rotatable bonds is 2. The van der Waals surface area contributed by atoms with E-state index in [4.69, 9.17) is 4.42 Å². The Kier molecular flexibility index (Phi) is 2.92. The number of hydrogen-bond acceptors (Lipinski definition) is 3. The maximum Gasteiger partial charge on any atom is 0.436 e. The molecule has 0 saturated heterocycles. The van der Waals surface area contributed by atoms with Crippen molar-refractivity contribution in [2.75, 3.05) is 0 Å². The Bertz CT molecular complexity index is 554. The molecule has 0 spiro atoms. The zero-order valence-corrected chi connectivity index (χ0v) is 10.1. The number of aryl methyl sites for hydroxylation is 1. The fourth-order valence-electron chi connectivity index (χ4n) is 1.58. The quantitative estimate of drug-likeness (QED) is 0.831. The van der Waals surface area contributed by atoms with Crippen LogP contribution in [0.2, 0.25) is 0 Å². The van der Waals surface area contributed by atoms with Gasteiger partial charge in [0.05, 0.1) is 11.8 Å². The summed E-state index contributed by atoms with van der Waals surface area (Å²) in [6.07, 6.45) is -1.55. The normalized spacial score (nSPS) is 12.4. The van der Waals surface area contributed by atoms with Crippen molar-refractivity contribution in [1.82, 2.24) is 14.8 Å². The van der Waals surface area contributed by atoms with Gasteiger partial charge < -0.3 is 4.42 Å². The molecule has 0 aliphatic rings. The first-order chi connectivity index (χ1) is 8.29. The summed E-state index contributed by atoms with van der Waals surface area (Å²) >= 11 is 0. The molecular weight excluding hydrogens is 247 g/mol. The Morgan fingerprint density at radius 1 is 1.33 bits per heavy atom. The maximum atomic E-state index is 12.8. The SMILES string of the molecule is CC(C)c1oc(-c2cnn(C)c2)nc1C(F)(F)F. The van der Waals surface area contributed by atoms with Crippen molar-refractivity contribution in [3.8, 4) is 11.5 Å². The van der Waals surface area contributed by atoms with E-state index in [2.05, 4.69) is 10.1 Å². The summed E-state index contributed by atoms with van der Waals surface area (Å²) < 4.78 is 45.1. The lowest BCUT2D eigenvalue weighted by molar-refractivity contribution is -0.142. The van der Waals surface area contributed by atoms with Gasteiger partial charge in [-0.15, -0.1) is 0 Å². The van der Waals surface area contributed by atoms with Crippen molar-refractivity contribution in [1.29, 1.82) is 0 Å². The number of alkyl halides is 3. The molecule has 0 aliphatic heterocycles. The second-order valence-electron chi connectivity index (χ2n) is 4.29. The summed E-state index contributed by atoms with van der Waals surface area (Å²) in [5.41, 5.74) is -0.536. The van der Waals surface area contributed by atoms with Gasteiger partial charge in [0.1, 0.15) is 5.76 Å². The van der Waals surface area contributed by atoms with Crippen LogP contribution in [0.15, 0.2) is 16.8 Å². The van der Waals surface area contributed by atoms with Crippen molar-refractivity contribution < 1.29 is 17.6 Å². The molecule has 0 radical (unpaired) electrons. The lowest BCUT2D eigenvalue weighted by atomic mass is 10.1. The van der Waals surface area contributed by atoms with Gasteiger partial charge >= 0.3 is 6.18 Å². The van der Waals surface area contributed by atoms with Crippen LogP contribution >= 0.6 is 0 Å². The summed E-state index contributed by atoms with van der Waals surface area (Å²) in [6.45, 7) is 3.26. The molecule has 0 amide bonds. The van der Waals surface area contributed by atoms with E-state index < -0.39 is 11.9 Å². The van der Waals surface area contributed by atoms with Gasteiger partial charge in [0.25, 0.3) is 0 Å². The van der Waals surface area contributed by atoms with E-state index in [9.17, 15) is 13.2 Å². The third-order valence-corrected chi connectivity index (χ3v) is 2.40. The van der Waals surface area contributed by atoms with Crippen LogP contribution in [0.1, 0.15) is 31.2 Å². The van der Waals surface area contributed by atoms with Crippen molar-refractivity contribution >= 4 is 0 Å². The van der Waals surface area contributed by atoms with Crippen LogP contribution in [0.25, 0.3) is 11.5 Å². The van der Waals surface area contributed by atoms with Gasteiger partial charge in [0.2, 0.25) is 5.89 Å². The van der Waals surface area contributed by atoms with Gasteiger partial charge in [0, 0.05) is 19.2 Å². The van der Waals surface area contributed by atoms with Gasteiger partial charge in [-0.2, -0.15) is 18.3 Å². The maximum absolute atomic E-state index is 12.8. The van der Waals surface area contributed by atoms with Crippen LogP contribution in [0.5, 0.6) is 0 Å². The molecule has 0 N–H and O–H groups in total. The first-order valence-electron chi connectivity index (χ1n) is 5.36. The van der Waals surface area contributed by atoms with Gasteiger partial charge in [-0.25, -0.2) is 4.98 Å². The molecule has 0 unspecified atom stereocenters. The topological polar surface area (TPSA) is 43.9 Å². The minimum atomic E-state index is -4.51.